The number of benzene rings is 1. The number of carbonyl (C=O) groups excluding carboxylic acids is 1. The Morgan fingerprint density at radius 1 is 1.25 bits per heavy atom. The lowest BCUT2D eigenvalue weighted by molar-refractivity contribution is 0.0526. The average Bonchev–Trinajstić information content (AvgIpc) is 2.61. The van der Waals surface area contributed by atoms with Gasteiger partial charge in [-0.1, -0.05) is 0 Å². The summed E-state index contributed by atoms with van der Waals surface area (Å²) in [6, 6.07) is 10.5. The molecule has 0 saturated heterocycles. The molecule has 2 rings (SSSR count). The lowest BCUT2D eigenvalue weighted by Crippen LogP contribution is -2.30. The molecule has 2 aromatic rings. The number of ether oxygens (including phenoxy) is 1. The Morgan fingerprint density at radius 3 is 2.58 bits per heavy atom. The fraction of sp³-hybridized carbons (Fsp3) is 0.176. The van der Waals surface area contributed by atoms with Gasteiger partial charge < -0.3 is 15.4 Å². The van der Waals surface area contributed by atoms with Crippen molar-refractivity contribution in [2.45, 2.75) is 13.5 Å². The van der Waals surface area contributed by atoms with Gasteiger partial charge in [-0.3, -0.25) is 4.98 Å². The molecule has 0 atom stereocenters. The molecular weight excluding hydrogens is 306 g/mol. The van der Waals surface area contributed by atoms with Crippen LogP contribution in [0.5, 0.6) is 0 Å². The number of hydrogen-bond acceptors (Lipinski definition) is 5. The Morgan fingerprint density at radius 2 is 1.96 bits per heavy atom. The summed E-state index contributed by atoms with van der Waals surface area (Å²) in [6.07, 6.45) is 5.14. The van der Waals surface area contributed by atoms with Crippen molar-refractivity contribution in [2.75, 3.05) is 11.9 Å². The molecule has 0 radical (unpaired) electrons. The molecule has 7 nitrogen and oxygen atoms in total. The van der Waals surface area contributed by atoms with E-state index < -0.39 is 0 Å². The highest BCUT2D eigenvalue weighted by Gasteiger charge is 2.06. The quantitative estimate of drug-likeness (QED) is 0.379. The van der Waals surface area contributed by atoms with E-state index in [1.54, 1.807) is 49.8 Å². The number of hydrogen-bond donors (Lipinski definition) is 2. The second kappa shape index (κ2) is 8.90. The molecule has 2 N–H and O–H groups in total. The molecule has 0 aliphatic carbocycles. The van der Waals surface area contributed by atoms with Crippen LogP contribution in [0.25, 0.3) is 0 Å². The number of nitrogens with zero attached hydrogens (tertiary/aromatic N) is 3. The van der Waals surface area contributed by atoms with Crippen LogP contribution in [0.2, 0.25) is 0 Å². The van der Waals surface area contributed by atoms with Crippen LogP contribution in [0.15, 0.2) is 53.8 Å². The van der Waals surface area contributed by atoms with E-state index in [1.165, 1.54) is 0 Å². The van der Waals surface area contributed by atoms with Crippen molar-refractivity contribution in [2.24, 2.45) is 4.99 Å². The van der Waals surface area contributed by atoms with E-state index in [1.807, 2.05) is 12.1 Å². The molecule has 0 aliphatic rings. The van der Waals surface area contributed by atoms with Crippen LogP contribution in [-0.4, -0.2) is 23.5 Å². The van der Waals surface area contributed by atoms with Gasteiger partial charge >= 0.3 is 5.97 Å². The summed E-state index contributed by atoms with van der Waals surface area (Å²) in [4.78, 5) is 19.3. The zero-order valence-corrected chi connectivity index (χ0v) is 13.2. The lowest BCUT2D eigenvalue weighted by Gasteiger charge is -2.11. The van der Waals surface area contributed by atoms with Gasteiger partial charge in [-0.2, -0.15) is 5.26 Å². The van der Waals surface area contributed by atoms with Crippen molar-refractivity contribution in [3.05, 3.63) is 59.9 Å². The number of aromatic nitrogens is 1. The van der Waals surface area contributed by atoms with E-state index >= 15 is 0 Å². The molecule has 0 fully saturated rings. The van der Waals surface area contributed by atoms with Crippen LogP contribution < -0.4 is 10.6 Å². The molecule has 1 aromatic heterocycles. The van der Waals surface area contributed by atoms with E-state index in [9.17, 15) is 4.79 Å². The molecule has 0 saturated carbocycles. The number of rotatable bonds is 5. The third-order valence-electron chi connectivity index (χ3n) is 3.03. The second-order valence-electron chi connectivity index (χ2n) is 4.69. The number of guanidine groups is 1. The predicted molar refractivity (Wildman–Crippen MR) is 90.1 cm³/mol. The zero-order chi connectivity index (χ0) is 17.2. The van der Waals surface area contributed by atoms with Crippen LogP contribution >= 0.6 is 0 Å². The average molecular weight is 323 g/mol. The number of esters is 1. The molecule has 7 heteroatoms. The van der Waals surface area contributed by atoms with Gasteiger partial charge in [-0.15, -0.1) is 4.99 Å². The maximum absolute atomic E-state index is 11.6. The van der Waals surface area contributed by atoms with E-state index in [4.69, 9.17) is 10.00 Å². The summed E-state index contributed by atoms with van der Waals surface area (Å²) >= 11 is 0. The molecule has 0 amide bonds. The lowest BCUT2D eigenvalue weighted by atomic mass is 10.2. The van der Waals surface area contributed by atoms with E-state index in [-0.39, 0.29) is 5.97 Å². The van der Waals surface area contributed by atoms with Gasteiger partial charge in [0.25, 0.3) is 0 Å². The third-order valence-corrected chi connectivity index (χ3v) is 3.03. The van der Waals surface area contributed by atoms with E-state index in [2.05, 4.69) is 20.6 Å². The molecule has 0 spiro atoms. The highest BCUT2D eigenvalue weighted by atomic mass is 16.5. The highest BCUT2D eigenvalue weighted by Crippen LogP contribution is 2.10. The zero-order valence-electron chi connectivity index (χ0n) is 13.2. The first-order chi connectivity index (χ1) is 11.7. The molecule has 24 heavy (non-hydrogen) atoms. The van der Waals surface area contributed by atoms with Crippen LogP contribution in [-0.2, 0) is 11.3 Å². The molecular formula is C17H17N5O2. The summed E-state index contributed by atoms with van der Waals surface area (Å²) < 4.78 is 4.93. The topological polar surface area (TPSA) is 99.4 Å². The minimum absolute atomic E-state index is 0.318. The third kappa shape index (κ3) is 5.10. The van der Waals surface area contributed by atoms with Crippen molar-refractivity contribution in [1.82, 2.24) is 10.3 Å². The molecule has 0 aliphatic heterocycles. The number of aliphatic imine (C=N–C) groups is 1. The summed E-state index contributed by atoms with van der Waals surface area (Å²) in [5.74, 6) is -0.0519. The van der Waals surface area contributed by atoms with Crippen molar-refractivity contribution in [3.63, 3.8) is 0 Å². The Kier molecular flexibility index (Phi) is 6.29. The van der Waals surface area contributed by atoms with Gasteiger partial charge in [0, 0.05) is 24.6 Å². The van der Waals surface area contributed by atoms with Crippen molar-refractivity contribution >= 4 is 17.6 Å². The van der Waals surface area contributed by atoms with Gasteiger partial charge in [-0.05, 0) is 48.9 Å². The number of nitriles is 1. The molecule has 1 heterocycles. The fourth-order valence-corrected chi connectivity index (χ4v) is 1.89. The van der Waals surface area contributed by atoms with Gasteiger partial charge in [0.15, 0.2) is 0 Å². The predicted octanol–water partition coefficient (Wildman–Crippen LogP) is 2.30. The Labute approximate surface area is 140 Å². The van der Waals surface area contributed by atoms with Gasteiger partial charge in [-0.25, -0.2) is 4.79 Å². The normalized spacial score (nSPS) is 10.6. The Hall–Kier alpha value is -3.40. The largest absolute Gasteiger partial charge is 0.462 e. The SMILES string of the molecule is CCOC(=O)c1ccc(N/C(=N/C#N)NCc2ccncc2)cc1. The summed E-state index contributed by atoms with van der Waals surface area (Å²) in [5.41, 5.74) is 2.17. The molecule has 0 bridgehead atoms. The molecule has 1 aromatic carbocycles. The van der Waals surface area contributed by atoms with Gasteiger partial charge in [0.1, 0.15) is 0 Å². The van der Waals surface area contributed by atoms with Crippen LogP contribution in [0.3, 0.4) is 0 Å². The van der Waals surface area contributed by atoms with Crippen molar-refractivity contribution in [3.8, 4) is 6.19 Å². The van der Waals surface area contributed by atoms with Gasteiger partial charge in [0.05, 0.1) is 12.2 Å². The maximum Gasteiger partial charge on any atom is 0.338 e. The number of carbonyl (C=O) groups is 1. The van der Waals surface area contributed by atoms with Crippen LogP contribution in [0.4, 0.5) is 5.69 Å². The second-order valence-corrected chi connectivity index (χ2v) is 4.69. The van der Waals surface area contributed by atoms with Crippen LogP contribution in [0.1, 0.15) is 22.8 Å². The first-order valence-electron chi connectivity index (χ1n) is 7.36. The van der Waals surface area contributed by atoms with Gasteiger partial charge in [0.2, 0.25) is 12.2 Å². The highest BCUT2D eigenvalue weighted by molar-refractivity contribution is 5.95. The maximum atomic E-state index is 11.6. The summed E-state index contributed by atoms with van der Waals surface area (Å²) in [7, 11) is 0. The fourth-order valence-electron chi connectivity index (χ4n) is 1.89. The first kappa shape index (κ1) is 17.0. The number of pyridine rings is 1. The summed E-state index contributed by atoms with van der Waals surface area (Å²) in [5, 5.41) is 14.8. The Bertz CT molecular complexity index is 736. The number of anilines is 1. The standard InChI is InChI=1S/C17H17N5O2/c1-2-24-16(23)14-3-5-15(6-4-14)22-17(21-12-18)20-11-13-7-9-19-10-8-13/h3-10H,2,11H2,1H3,(H2,20,21,22). The van der Waals surface area contributed by atoms with E-state index in [0.717, 1.165) is 5.56 Å². The molecule has 122 valence electrons. The monoisotopic (exact) mass is 323 g/mol. The molecule has 0 unspecified atom stereocenters. The van der Waals surface area contributed by atoms with E-state index in [0.29, 0.717) is 30.4 Å². The Balaban J connectivity index is 1.99. The van der Waals surface area contributed by atoms with Crippen molar-refractivity contribution < 1.29 is 9.53 Å². The van der Waals surface area contributed by atoms with Crippen LogP contribution in [0, 0.1) is 11.5 Å². The van der Waals surface area contributed by atoms with Crippen molar-refractivity contribution in [1.29, 1.82) is 5.26 Å². The summed E-state index contributed by atoms with van der Waals surface area (Å²) in [6.45, 7) is 2.58. The number of nitrogens with one attached hydrogen (secondary N) is 2. The minimum Gasteiger partial charge on any atom is -0.462 e. The first-order valence-corrected chi connectivity index (χ1v) is 7.36. The minimum atomic E-state index is -0.370. The smallest absolute Gasteiger partial charge is 0.338 e.